The van der Waals surface area contributed by atoms with Gasteiger partial charge in [0.05, 0.1) is 25.2 Å². The lowest BCUT2D eigenvalue weighted by atomic mass is 10.1. The van der Waals surface area contributed by atoms with Crippen LogP contribution in [-0.2, 0) is 17.6 Å². The highest BCUT2D eigenvalue weighted by atomic mass is 16.5. The normalized spacial score (nSPS) is 13.3. The van der Waals surface area contributed by atoms with Gasteiger partial charge in [0.25, 0.3) is 0 Å². The van der Waals surface area contributed by atoms with E-state index in [1.807, 2.05) is 19.1 Å². The number of pyridine rings is 2. The Morgan fingerprint density at radius 1 is 1.15 bits per heavy atom. The number of carbonyl (C=O) groups is 1. The molecule has 0 aliphatic carbocycles. The third-order valence-electron chi connectivity index (χ3n) is 6.92. The Balaban J connectivity index is 1.31. The van der Waals surface area contributed by atoms with Gasteiger partial charge in [-0.3, -0.25) is 9.88 Å². The lowest BCUT2D eigenvalue weighted by Gasteiger charge is -2.25. The van der Waals surface area contributed by atoms with Crippen LogP contribution in [-0.4, -0.2) is 81.8 Å². The number of aryl methyl sites for hydroxylation is 3. The van der Waals surface area contributed by atoms with Gasteiger partial charge < -0.3 is 25.2 Å². The van der Waals surface area contributed by atoms with Crippen molar-refractivity contribution < 1.29 is 19.4 Å². The maximum Gasteiger partial charge on any atom is 0.326 e. The van der Waals surface area contributed by atoms with Crippen LogP contribution in [0, 0.1) is 6.92 Å². The van der Waals surface area contributed by atoms with Gasteiger partial charge in [0.2, 0.25) is 5.88 Å². The maximum atomic E-state index is 12.0. The number of aliphatic carboxylic acids is 1. The van der Waals surface area contributed by atoms with Crippen LogP contribution in [0.1, 0.15) is 42.6 Å². The highest BCUT2D eigenvalue weighted by molar-refractivity contribution is 5.76. The number of nitrogens with one attached hydrogen (secondary N) is 2. The number of ether oxygens (including phenoxy) is 2. The molecule has 214 valence electrons. The highest BCUT2D eigenvalue weighted by Gasteiger charge is 2.20. The SMILES string of the molecule is COc1cnc(N[C@@H](CCN(CCCCc2ccc3c(n2)NCCC3)CCOc2cccnc2C)C(=O)O)cn1. The summed E-state index contributed by atoms with van der Waals surface area (Å²) in [7, 11) is 1.51. The summed E-state index contributed by atoms with van der Waals surface area (Å²) in [5.74, 6) is 1.61. The van der Waals surface area contributed by atoms with Crippen molar-refractivity contribution in [3.8, 4) is 11.6 Å². The first-order valence-electron chi connectivity index (χ1n) is 13.9. The molecular weight excluding hydrogens is 510 g/mol. The predicted octanol–water partition coefficient (Wildman–Crippen LogP) is 3.60. The molecule has 11 nitrogen and oxygen atoms in total. The Kier molecular flexibility index (Phi) is 10.9. The molecule has 0 fully saturated rings. The molecule has 3 aromatic rings. The molecule has 0 spiro atoms. The standard InChI is InChI=1S/C29H39N7O4/c1-21-25(9-6-13-30-21)40-18-17-36(15-4-3-8-23-11-10-22-7-5-14-31-28(22)34-23)16-12-24(29(37)38)35-26-19-33-27(39-2)20-32-26/h6,9-11,13,19-20,24H,3-5,7-8,12,14-18H2,1-2H3,(H,31,34)(H,32,35)(H,37,38)/t24-/m0/s1. The number of carboxylic acid groups (broad SMARTS) is 1. The third-order valence-corrected chi connectivity index (χ3v) is 6.92. The summed E-state index contributed by atoms with van der Waals surface area (Å²) in [4.78, 5) is 31.6. The van der Waals surface area contributed by atoms with E-state index in [4.69, 9.17) is 14.5 Å². The fraction of sp³-hybridized carbons (Fsp3) is 0.483. The summed E-state index contributed by atoms with van der Waals surface area (Å²) in [5, 5.41) is 16.2. The Labute approximate surface area is 235 Å². The number of fused-ring (bicyclic) bond motifs is 1. The topological polar surface area (TPSA) is 135 Å². The number of aromatic nitrogens is 4. The zero-order valence-electron chi connectivity index (χ0n) is 23.3. The van der Waals surface area contributed by atoms with E-state index < -0.39 is 12.0 Å². The van der Waals surface area contributed by atoms with Crippen LogP contribution in [0.2, 0.25) is 0 Å². The van der Waals surface area contributed by atoms with Crippen molar-refractivity contribution in [2.24, 2.45) is 0 Å². The first-order valence-corrected chi connectivity index (χ1v) is 13.9. The van der Waals surface area contributed by atoms with E-state index in [0.29, 0.717) is 37.8 Å². The van der Waals surface area contributed by atoms with Crippen LogP contribution in [0.4, 0.5) is 11.6 Å². The molecule has 3 N–H and O–H groups in total. The second-order valence-electron chi connectivity index (χ2n) is 9.84. The van der Waals surface area contributed by atoms with Gasteiger partial charge in [-0.25, -0.2) is 19.7 Å². The minimum Gasteiger partial charge on any atom is -0.490 e. The monoisotopic (exact) mass is 549 g/mol. The van der Waals surface area contributed by atoms with Gasteiger partial charge in [-0.2, -0.15) is 0 Å². The Morgan fingerprint density at radius 2 is 2.05 bits per heavy atom. The van der Waals surface area contributed by atoms with E-state index in [1.165, 1.54) is 25.1 Å². The highest BCUT2D eigenvalue weighted by Crippen LogP contribution is 2.20. The zero-order valence-corrected chi connectivity index (χ0v) is 23.3. The van der Waals surface area contributed by atoms with Crippen LogP contribution in [0.5, 0.6) is 11.6 Å². The second-order valence-corrected chi connectivity index (χ2v) is 9.84. The van der Waals surface area contributed by atoms with Crippen molar-refractivity contribution in [1.82, 2.24) is 24.8 Å². The average molecular weight is 550 g/mol. The van der Waals surface area contributed by atoms with E-state index in [0.717, 1.165) is 68.1 Å². The summed E-state index contributed by atoms with van der Waals surface area (Å²) in [6, 6.07) is 7.29. The first kappa shape index (κ1) is 29.0. The summed E-state index contributed by atoms with van der Waals surface area (Å²) in [6.07, 6.45) is 10.2. The van der Waals surface area contributed by atoms with E-state index in [-0.39, 0.29) is 0 Å². The summed E-state index contributed by atoms with van der Waals surface area (Å²) in [6.45, 7) is 5.47. The van der Waals surface area contributed by atoms with Crippen LogP contribution in [0.15, 0.2) is 42.9 Å². The molecule has 11 heteroatoms. The number of anilines is 2. The fourth-order valence-electron chi connectivity index (χ4n) is 4.64. The number of nitrogens with zero attached hydrogens (tertiary/aromatic N) is 5. The average Bonchev–Trinajstić information content (AvgIpc) is 2.98. The molecule has 0 aromatic carbocycles. The van der Waals surface area contributed by atoms with Crippen molar-refractivity contribution >= 4 is 17.6 Å². The van der Waals surface area contributed by atoms with Gasteiger partial charge in [-0.05, 0) is 75.8 Å². The van der Waals surface area contributed by atoms with Crippen molar-refractivity contribution in [3.63, 3.8) is 0 Å². The number of unbranched alkanes of at least 4 members (excludes halogenated alkanes) is 1. The summed E-state index contributed by atoms with van der Waals surface area (Å²) >= 11 is 0. The Bertz CT molecular complexity index is 1230. The van der Waals surface area contributed by atoms with E-state index in [2.05, 4.69) is 42.6 Å². The van der Waals surface area contributed by atoms with Gasteiger partial charge in [-0.1, -0.05) is 6.07 Å². The summed E-state index contributed by atoms with van der Waals surface area (Å²) < 4.78 is 11.0. The molecule has 0 radical (unpaired) electrons. The first-order chi connectivity index (χ1) is 19.5. The molecule has 0 saturated carbocycles. The van der Waals surface area contributed by atoms with E-state index >= 15 is 0 Å². The molecule has 4 rings (SSSR count). The molecule has 0 bridgehead atoms. The van der Waals surface area contributed by atoms with E-state index in [1.54, 1.807) is 6.20 Å². The quantitative estimate of drug-likeness (QED) is 0.226. The molecule has 1 atom stereocenters. The molecular formula is C29H39N7O4. The smallest absolute Gasteiger partial charge is 0.326 e. The number of hydrogen-bond acceptors (Lipinski definition) is 10. The molecule has 1 aliphatic rings. The maximum absolute atomic E-state index is 12.0. The minimum absolute atomic E-state index is 0.370. The van der Waals surface area contributed by atoms with Crippen LogP contribution in [0.3, 0.4) is 0 Å². The molecule has 40 heavy (non-hydrogen) atoms. The summed E-state index contributed by atoms with van der Waals surface area (Å²) in [5.41, 5.74) is 3.25. The van der Waals surface area contributed by atoms with Gasteiger partial charge in [0, 0.05) is 31.5 Å². The third kappa shape index (κ3) is 8.77. The van der Waals surface area contributed by atoms with Crippen molar-refractivity contribution in [2.45, 2.75) is 51.5 Å². The van der Waals surface area contributed by atoms with Crippen molar-refractivity contribution in [2.75, 3.05) is 50.5 Å². The lowest BCUT2D eigenvalue weighted by molar-refractivity contribution is -0.138. The number of rotatable bonds is 16. The van der Waals surface area contributed by atoms with Crippen molar-refractivity contribution in [3.05, 3.63) is 59.8 Å². The number of methoxy groups -OCH3 is 1. The van der Waals surface area contributed by atoms with Crippen LogP contribution in [0.25, 0.3) is 0 Å². The Hall–Kier alpha value is -3.99. The van der Waals surface area contributed by atoms with Gasteiger partial charge in [-0.15, -0.1) is 0 Å². The van der Waals surface area contributed by atoms with Gasteiger partial charge in [0.1, 0.15) is 30.0 Å². The zero-order chi connectivity index (χ0) is 28.2. The molecule has 4 heterocycles. The second kappa shape index (κ2) is 15.0. The molecule has 1 aliphatic heterocycles. The minimum atomic E-state index is -0.938. The number of carboxylic acids is 1. The van der Waals surface area contributed by atoms with Crippen molar-refractivity contribution in [1.29, 1.82) is 0 Å². The van der Waals surface area contributed by atoms with Gasteiger partial charge >= 0.3 is 5.97 Å². The molecule has 3 aromatic heterocycles. The molecule has 0 amide bonds. The lowest BCUT2D eigenvalue weighted by Crippen LogP contribution is -2.37. The fourth-order valence-corrected chi connectivity index (χ4v) is 4.64. The molecule has 0 unspecified atom stereocenters. The Morgan fingerprint density at radius 3 is 2.83 bits per heavy atom. The number of hydrogen-bond donors (Lipinski definition) is 3. The van der Waals surface area contributed by atoms with Crippen LogP contribution < -0.4 is 20.1 Å². The predicted molar refractivity (Wildman–Crippen MR) is 153 cm³/mol. The molecule has 0 saturated heterocycles. The van der Waals surface area contributed by atoms with Gasteiger partial charge in [0.15, 0.2) is 0 Å². The van der Waals surface area contributed by atoms with E-state index in [9.17, 15) is 9.90 Å². The van der Waals surface area contributed by atoms with Crippen LogP contribution >= 0.6 is 0 Å². The largest absolute Gasteiger partial charge is 0.490 e.